The molecule has 1 aromatic carbocycles. The van der Waals surface area contributed by atoms with Crippen molar-refractivity contribution >= 4 is 44.7 Å². The van der Waals surface area contributed by atoms with Crippen LogP contribution in [0.25, 0.3) is 10.9 Å². The smallest absolute Gasteiger partial charge is 0.407 e. The molecular weight excluding hydrogens is 723 g/mol. The first-order valence-electron chi connectivity index (χ1n) is 19.6. The molecule has 2 aliphatic carbocycles. The predicted molar refractivity (Wildman–Crippen MR) is 207 cm³/mol. The van der Waals surface area contributed by atoms with Gasteiger partial charge in [-0.1, -0.05) is 62.6 Å². The minimum absolute atomic E-state index is 0.0545. The molecule has 1 saturated heterocycles. The Kier molecular flexibility index (Phi) is 10.3. The van der Waals surface area contributed by atoms with E-state index in [1.807, 2.05) is 52.0 Å². The van der Waals surface area contributed by atoms with Gasteiger partial charge in [-0.3, -0.25) is 19.1 Å². The standard InChI is InChI=1S/C41H53N5O8S/c1-25(2)23-53-38(50)43-32-12-10-8-6-7-9-11-28-15-18-41(28,37(49)45-55(51,52)39(5)19-20-39)44-35(47)33-22-40(24-46(33)36(32)48)17-16-29-30-21-26(3)13-14-31(30)42-27(4)34(29)54-40/h9,11,13-15,18,21,25,28,32-33H,6-8,10,12,16-17,19-20,22-24H2,1-5H3,(H,43,50)(H,44,47)(H,45,49)/b11-9-/t28-,32+,33+,40-,41-/m1/s1. The summed E-state index contributed by atoms with van der Waals surface area (Å²) in [6.45, 7) is 9.59. The van der Waals surface area contributed by atoms with Crippen molar-refractivity contribution in [2.75, 3.05) is 13.2 Å². The van der Waals surface area contributed by atoms with E-state index in [0.29, 0.717) is 56.4 Å². The van der Waals surface area contributed by atoms with Gasteiger partial charge in [0.2, 0.25) is 21.8 Å². The lowest BCUT2D eigenvalue weighted by molar-refractivity contribution is -0.142. The van der Waals surface area contributed by atoms with Crippen molar-refractivity contribution in [2.45, 2.75) is 127 Å². The maximum atomic E-state index is 14.7. The van der Waals surface area contributed by atoms with Gasteiger partial charge in [0.05, 0.1) is 29.1 Å². The summed E-state index contributed by atoms with van der Waals surface area (Å²) in [4.78, 5) is 62.9. The lowest BCUT2D eigenvalue weighted by Gasteiger charge is -2.42. The van der Waals surface area contributed by atoms with Gasteiger partial charge in [0, 0.05) is 23.3 Å². The molecular formula is C41H53N5O8S. The fraction of sp³-hybridized carbons (Fsp3) is 0.585. The molecule has 1 aromatic heterocycles. The number of nitrogens with zero attached hydrogens (tertiary/aromatic N) is 2. The first-order chi connectivity index (χ1) is 26.1. The molecule has 4 amide bonds. The Labute approximate surface area is 323 Å². The van der Waals surface area contributed by atoms with Crippen molar-refractivity contribution in [3.05, 3.63) is 59.3 Å². The van der Waals surface area contributed by atoms with Crippen LogP contribution in [0.15, 0.2) is 42.5 Å². The number of nitrogens with one attached hydrogen (secondary N) is 3. The molecule has 0 bridgehead atoms. The highest BCUT2D eigenvalue weighted by Gasteiger charge is 2.58. The van der Waals surface area contributed by atoms with Crippen LogP contribution in [0.3, 0.4) is 0 Å². The molecule has 1 spiro atoms. The van der Waals surface area contributed by atoms with Crippen LogP contribution in [-0.4, -0.2) is 83.2 Å². The van der Waals surface area contributed by atoms with E-state index in [9.17, 15) is 27.6 Å². The van der Waals surface area contributed by atoms with Crippen molar-refractivity contribution in [2.24, 2.45) is 11.8 Å². The Morgan fingerprint density at radius 3 is 2.60 bits per heavy atom. The van der Waals surface area contributed by atoms with Crippen molar-refractivity contribution in [1.82, 2.24) is 25.2 Å². The first kappa shape index (κ1) is 38.8. The number of amides is 4. The van der Waals surface area contributed by atoms with Gasteiger partial charge in [0.15, 0.2) is 0 Å². The molecule has 4 heterocycles. The van der Waals surface area contributed by atoms with Gasteiger partial charge in [0.1, 0.15) is 29.0 Å². The highest BCUT2D eigenvalue weighted by Crippen LogP contribution is 2.46. The first-order valence-corrected chi connectivity index (χ1v) is 21.1. The predicted octanol–water partition coefficient (Wildman–Crippen LogP) is 4.83. The molecule has 5 aliphatic rings. The number of benzene rings is 1. The van der Waals surface area contributed by atoms with Crippen LogP contribution in [-0.2, 0) is 35.6 Å². The zero-order valence-electron chi connectivity index (χ0n) is 32.4. The normalized spacial score (nSPS) is 29.4. The number of hydrogen-bond acceptors (Lipinski definition) is 9. The SMILES string of the molecule is Cc1ccc2nc(C)c3c(c2c1)CC[C@]1(C[C@H]2C(=O)N[C@]4(C(=O)NS(=O)(=O)C5(C)CC5)C=C[C@H]4/C=C\CCCCC[C@H](NC(=O)OCC(C)C)C(=O)N2C1)O3. The molecule has 2 fully saturated rings. The summed E-state index contributed by atoms with van der Waals surface area (Å²) in [5.41, 5.74) is 1.01. The fourth-order valence-electron chi connectivity index (χ4n) is 8.23. The van der Waals surface area contributed by atoms with Gasteiger partial charge in [0.25, 0.3) is 5.91 Å². The van der Waals surface area contributed by atoms with Crippen LogP contribution in [0.1, 0.15) is 95.4 Å². The lowest BCUT2D eigenvalue weighted by atomic mass is 9.73. The minimum atomic E-state index is -4.03. The van der Waals surface area contributed by atoms with Crippen LogP contribution in [0.4, 0.5) is 4.79 Å². The number of alkyl carbamates (subject to hydrolysis) is 1. The van der Waals surface area contributed by atoms with E-state index in [2.05, 4.69) is 21.4 Å². The highest BCUT2D eigenvalue weighted by atomic mass is 32.2. The quantitative estimate of drug-likeness (QED) is 0.348. The lowest BCUT2D eigenvalue weighted by Crippen LogP contribution is -2.67. The van der Waals surface area contributed by atoms with E-state index in [1.165, 1.54) is 11.0 Å². The maximum Gasteiger partial charge on any atom is 0.407 e. The van der Waals surface area contributed by atoms with Gasteiger partial charge in [-0.05, 0) is 83.8 Å². The van der Waals surface area contributed by atoms with Crippen molar-refractivity contribution < 1.29 is 37.1 Å². The number of aromatic nitrogens is 1. The van der Waals surface area contributed by atoms with Crippen LogP contribution in [0.2, 0.25) is 0 Å². The van der Waals surface area contributed by atoms with Crippen LogP contribution in [0.5, 0.6) is 5.75 Å². The summed E-state index contributed by atoms with van der Waals surface area (Å²) in [7, 11) is -4.03. The molecule has 0 radical (unpaired) electrons. The van der Waals surface area contributed by atoms with Gasteiger partial charge in [-0.15, -0.1) is 0 Å². The second kappa shape index (κ2) is 14.6. The second-order valence-corrected chi connectivity index (χ2v) is 19.1. The number of ether oxygens (including phenoxy) is 2. The van der Waals surface area contributed by atoms with Crippen LogP contribution >= 0.6 is 0 Å². The molecule has 14 heteroatoms. The molecule has 3 N–H and O–H groups in total. The van der Waals surface area contributed by atoms with Crippen LogP contribution < -0.4 is 20.1 Å². The summed E-state index contributed by atoms with van der Waals surface area (Å²) in [5.74, 6) is -1.80. The number of pyridine rings is 1. The number of rotatable bonds is 6. The maximum absolute atomic E-state index is 14.7. The third-order valence-corrected chi connectivity index (χ3v) is 14.1. The summed E-state index contributed by atoms with van der Waals surface area (Å²) in [6, 6.07) is 4.03. The van der Waals surface area contributed by atoms with E-state index in [4.69, 9.17) is 14.5 Å². The summed E-state index contributed by atoms with van der Waals surface area (Å²) < 4.78 is 40.1. The number of sulfonamides is 1. The Balaban J connectivity index is 1.25. The third-order valence-electron chi connectivity index (χ3n) is 12.0. The number of carbonyl (C=O) groups is 4. The largest absolute Gasteiger partial charge is 0.483 e. The van der Waals surface area contributed by atoms with Crippen LogP contribution in [0, 0.1) is 25.7 Å². The third kappa shape index (κ3) is 7.46. The number of aryl methyl sites for hydroxylation is 3. The van der Waals surface area contributed by atoms with Gasteiger partial charge >= 0.3 is 6.09 Å². The average Bonchev–Trinajstić information content (AvgIpc) is 3.79. The fourth-order valence-corrected chi connectivity index (χ4v) is 9.53. The monoisotopic (exact) mass is 775 g/mol. The summed E-state index contributed by atoms with van der Waals surface area (Å²) >= 11 is 0. The second-order valence-electron chi connectivity index (χ2n) is 16.9. The Bertz CT molecular complexity index is 2080. The molecule has 5 atom stereocenters. The minimum Gasteiger partial charge on any atom is -0.483 e. The molecule has 1 saturated carbocycles. The Hall–Kier alpha value is -4.46. The zero-order chi connectivity index (χ0) is 39.3. The zero-order valence-corrected chi connectivity index (χ0v) is 33.2. The van der Waals surface area contributed by atoms with Gasteiger partial charge in [-0.25, -0.2) is 18.2 Å². The molecule has 2 aromatic rings. The molecule has 55 heavy (non-hydrogen) atoms. The average molecular weight is 776 g/mol. The van der Waals surface area contributed by atoms with Crippen molar-refractivity contribution in [3.8, 4) is 5.75 Å². The van der Waals surface area contributed by atoms with Crippen molar-refractivity contribution in [1.29, 1.82) is 0 Å². The Morgan fingerprint density at radius 2 is 1.89 bits per heavy atom. The van der Waals surface area contributed by atoms with Crippen molar-refractivity contribution in [3.63, 3.8) is 0 Å². The van der Waals surface area contributed by atoms with Gasteiger partial charge in [-0.2, -0.15) is 0 Å². The van der Waals surface area contributed by atoms with E-state index in [0.717, 1.165) is 34.9 Å². The topological polar surface area (TPSA) is 173 Å². The number of allylic oxidation sites excluding steroid dienone is 1. The van der Waals surface area contributed by atoms with E-state index >= 15 is 0 Å². The summed E-state index contributed by atoms with van der Waals surface area (Å²) in [5, 5.41) is 6.72. The molecule has 7 rings (SSSR count). The number of carbonyl (C=O) groups excluding carboxylic acids is 4. The molecule has 0 unspecified atom stereocenters. The van der Waals surface area contributed by atoms with E-state index < -0.39 is 67.7 Å². The highest BCUT2D eigenvalue weighted by molar-refractivity contribution is 7.91. The van der Waals surface area contributed by atoms with E-state index in [-0.39, 0.29) is 25.5 Å². The van der Waals surface area contributed by atoms with Gasteiger partial charge < -0.3 is 25.0 Å². The Morgan fingerprint density at radius 1 is 1.11 bits per heavy atom. The number of fused-ring (bicyclic) bond motifs is 5. The molecule has 296 valence electrons. The van der Waals surface area contributed by atoms with E-state index in [1.54, 1.807) is 13.0 Å². The molecule has 3 aliphatic heterocycles. The number of hydrogen-bond donors (Lipinski definition) is 3. The summed E-state index contributed by atoms with van der Waals surface area (Å²) in [6.07, 6.45) is 11.7. The molecule has 13 nitrogen and oxygen atoms in total.